The van der Waals surface area contributed by atoms with Crippen LogP contribution in [0.15, 0.2) is 56.6 Å². The standard InChI is InChI=1S/C28H27BrN2O8S/c1-36-23-12-15-6-9-21(30-28(33)16-5-8-20(29)17(11-16)14-39-31(34)35)19-13-22(32)24(40-4)10-7-18(19)25(15)27(38-3)26(23)37-2/h5,7-8,10-13,21H,6,9,14H2,1-4H3,(H,30,33)/t21-/m0/s1. The number of hydrogen-bond donors (Lipinski definition) is 1. The lowest BCUT2D eigenvalue weighted by molar-refractivity contribution is -0.763. The van der Waals surface area contributed by atoms with Gasteiger partial charge in [0.15, 0.2) is 16.9 Å². The Balaban J connectivity index is 1.84. The zero-order chi connectivity index (χ0) is 29.0. The first kappa shape index (κ1) is 29.2. The molecular formula is C28H27BrN2O8S. The van der Waals surface area contributed by atoms with Crippen molar-refractivity contribution < 1.29 is 28.9 Å². The Morgan fingerprint density at radius 3 is 2.50 bits per heavy atom. The first-order chi connectivity index (χ1) is 19.2. The third kappa shape index (κ3) is 5.87. The van der Waals surface area contributed by atoms with Gasteiger partial charge < -0.3 is 24.4 Å². The lowest BCUT2D eigenvalue weighted by Crippen LogP contribution is -2.29. The van der Waals surface area contributed by atoms with Crippen LogP contribution in [0, 0.1) is 10.1 Å². The van der Waals surface area contributed by atoms with Gasteiger partial charge in [-0.25, -0.2) is 0 Å². The van der Waals surface area contributed by atoms with Crippen molar-refractivity contribution in [3.05, 3.63) is 89.5 Å². The molecule has 3 aromatic carbocycles. The highest BCUT2D eigenvalue weighted by Crippen LogP contribution is 2.50. The molecule has 210 valence electrons. The second kappa shape index (κ2) is 12.6. The van der Waals surface area contributed by atoms with Crippen molar-refractivity contribution in [2.45, 2.75) is 30.4 Å². The predicted molar refractivity (Wildman–Crippen MR) is 154 cm³/mol. The fourth-order valence-electron chi connectivity index (χ4n) is 4.81. The smallest absolute Gasteiger partial charge is 0.294 e. The summed E-state index contributed by atoms with van der Waals surface area (Å²) in [5.74, 6) is 1.01. The molecule has 12 heteroatoms. The average Bonchev–Trinajstić information content (AvgIpc) is 3.19. The van der Waals surface area contributed by atoms with Crippen LogP contribution in [0.1, 0.15) is 39.5 Å². The first-order valence-corrected chi connectivity index (χ1v) is 14.1. The summed E-state index contributed by atoms with van der Waals surface area (Å²) < 4.78 is 17.6. The monoisotopic (exact) mass is 630 g/mol. The van der Waals surface area contributed by atoms with Crippen LogP contribution < -0.4 is 25.0 Å². The number of carbonyl (C=O) groups excluding carboxylic acids is 1. The van der Waals surface area contributed by atoms with E-state index in [2.05, 4.69) is 26.1 Å². The van der Waals surface area contributed by atoms with Gasteiger partial charge in [-0.3, -0.25) is 9.59 Å². The zero-order valence-corrected chi connectivity index (χ0v) is 24.6. The molecule has 0 aliphatic heterocycles. The fourth-order valence-corrected chi connectivity index (χ4v) is 5.63. The highest BCUT2D eigenvalue weighted by Gasteiger charge is 2.30. The van der Waals surface area contributed by atoms with Crippen LogP contribution >= 0.6 is 27.7 Å². The fraction of sp³-hybridized carbons (Fsp3) is 0.286. The average molecular weight is 632 g/mol. The van der Waals surface area contributed by atoms with E-state index in [1.807, 2.05) is 18.4 Å². The summed E-state index contributed by atoms with van der Waals surface area (Å²) in [5.41, 5.74) is 3.61. The van der Waals surface area contributed by atoms with Crippen molar-refractivity contribution in [3.63, 3.8) is 0 Å². The number of hydrogen-bond acceptors (Lipinski definition) is 9. The summed E-state index contributed by atoms with van der Waals surface area (Å²) in [6.07, 6.45) is 2.86. The highest BCUT2D eigenvalue weighted by molar-refractivity contribution is 9.10. The molecule has 0 radical (unpaired) electrons. The van der Waals surface area contributed by atoms with Crippen molar-refractivity contribution in [2.75, 3.05) is 27.6 Å². The third-order valence-electron chi connectivity index (χ3n) is 6.66. The van der Waals surface area contributed by atoms with Crippen LogP contribution in [0.4, 0.5) is 0 Å². The van der Waals surface area contributed by atoms with Gasteiger partial charge in [0.2, 0.25) is 5.75 Å². The Morgan fingerprint density at radius 1 is 1.10 bits per heavy atom. The maximum atomic E-state index is 13.5. The number of benzene rings is 2. The maximum Gasteiger partial charge on any atom is 0.294 e. The molecule has 1 amide bonds. The first-order valence-electron chi connectivity index (χ1n) is 12.1. The van der Waals surface area contributed by atoms with Crippen LogP contribution in [-0.2, 0) is 17.9 Å². The van der Waals surface area contributed by atoms with E-state index in [1.165, 1.54) is 24.9 Å². The van der Waals surface area contributed by atoms with Gasteiger partial charge >= 0.3 is 0 Å². The molecule has 1 N–H and O–H groups in total. The van der Waals surface area contributed by atoms with Gasteiger partial charge in [0.25, 0.3) is 11.0 Å². The Bertz CT molecular complexity index is 1530. The number of amides is 1. The number of rotatable bonds is 9. The van der Waals surface area contributed by atoms with Gasteiger partial charge in [0, 0.05) is 15.6 Å². The van der Waals surface area contributed by atoms with Crippen molar-refractivity contribution in [1.82, 2.24) is 5.32 Å². The van der Waals surface area contributed by atoms with E-state index in [9.17, 15) is 19.7 Å². The maximum absolute atomic E-state index is 13.5. The molecular weight excluding hydrogens is 604 g/mol. The molecule has 0 saturated carbocycles. The second-order valence-electron chi connectivity index (χ2n) is 8.83. The molecule has 40 heavy (non-hydrogen) atoms. The summed E-state index contributed by atoms with van der Waals surface area (Å²) in [6, 6.07) is 11.3. The summed E-state index contributed by atoms with van der Waals surface area (Å²) in [5, 5.41) is 12.9. The van der Waals surface area contributed by atoms with E-state index in [1.54, 1.807) is 38.5 Å². The van der Waals surface area contributed by atoms with Gasteiger partial charge in [0.05, 0.1) is 32.3 Å². The van der Waals surface area contributed by atoms with Gasteiger partial charge in [-0.05, 0) is 77.7 Å². The van der Waals surface area contributed by atoms with E-state index in [0.717, 1.165) is 16.7 Å². The summed E-state index contributed by atoms with van der Waals surface area (Å²) in [6.45, 7) is -0.313. The summed E-state index contributed by atoms with van der Waals surface area (Å²) >= 11 is 4.68. The topological polar surface area (TPSA) is 126 Å². The molecule has 0 unspecified atom stereocenters. The number of aryl methyl sites for hydroxylation is 1. The minimum atomic E-state index is -0.888. The number of ether oxygens (including phenoxy) is 3. The van der Waals surface area contributed by atoms with Gasteiger partial charge in [-0.2, -0.15) is 0 Å². The quantitative estimate of drug-likeness (QED) is 0.189. The molecule has 0 aromatic heterocycles. The van der Waals surface area contributed by atoms with Crippen LogP contribution in [0.5, 0.6) is 17.2 Å². The number of thioether (sulfide) groups is 1. The Kier molecular flexibility index (Phi) is 9.21. The molecule has 1 atom stereocenters. The predicted octanol–water partition coefficient (Wildman–Crippen LogP) is 5.35. The Hall–Kier alpha value is -3.77. The number of methoxy groups -OCH3 is 3. The van der Waals surface area contributed by atoms with Crippen LogP contribution in [-0.4, -0.2) is 38.6 Å². The molecule has 0 fully saturated rings. The van der Waals surface area contributed by atoms with Crippen molar-refractivity contribution in [1.29, 1.82) is 0 Å². The Morgan fingerprint density at radius 2 is 1.85 bits per heavy atom. The van der Waals surface area contributed by atoms with Crippen LogP contribution in [0.25, 0.3) is 11.1 Å². The molecule has 0 saturated heterocycles. The van der Waals surface area contributed by atoms with Crippen molar-refractivity contribution in [2.24, 2.45) is 0 Å². The SMILES string of the molecule is COc1cc2c(c(OC)c1OC)-c1ccc(SC)c(=O)cc1[C@@H](NC(=O)c1ccc(Br)c(CO[N+](=O)[O-])c1)CC2. The minimum absolute atomic E-state index is 0.168. The number of nitrogens with one attached hydrogen (secondary N) is 1. The molecule has 3 aromatic rings. The number of nitrogens with zero attached hydrogens (tertiary/aromatic N) is 1. The third-order valence-corrected chi connectivity index (χ3v) is 8.21. The largest absolute Gasteiger partial charge is 0.493 e. The summed E-state index contributed by atoms with van der Waals surface area (Å²) in [7, 11) is 4.63. The van der Waals surface area contributed by atoms with Crippen molar-refractivity contribution >= 4 is 33.6 Å². The lowest BCUT2D eigenvalue weighted by Gasteiger charge is -2.20. The van der Waals surface area contributed by atoms with Gasteiger partial charge in [-0.15, -0.1) is 21.9 Å². The normalized spacial score (nSPS) is 13.8. The molecule has 0 spiro atoms. The summed E-state index contributed by atoms with van der Waals surface area (Å²) in [4.78, 5) is 42.3. The van der Waals surface area contributed by atoms with Crippen molar-refractivity contribution in [3.8, 4) is 28.4 Å². The van der Waals surface area contributed by atoms with E-state index in [-0.39, 0.29) is 12.0 Å². The molecule has 10 nitrogen and oxygen atoms in total. The minimum Gasteiger partial charge on any atom is -0.493 e. The van der Waals surface area contributed by atoms with E-state index >= 15 is 0 Å². The van der Waals surface area contributed by atoms with Crippen LogP contribution in [0.2, 0.25) is 0 Å². The van der Waals surface area contributed by atoms with Crippen LogP contribution in [0.3, 0.4) is 0 Å². The molecule has 4 rings (SSSR count). The number of carbonyl (C=O) groups is 1. The zero-order valence-electron chi connectivity index (χ0n) is 22.2. The van der Waals surface area contributed by atoms with E-state index in [4.69, 9.17) is 14.2 Å². The van der Waals surface area contributed by atoms with E-state index < -0.39 is 17.0 Å². The lowest BCUT2D eigenvalue weighted by atomic mass is 9.95. The number of halogens is 1. The molecule has 0 bridgehead atoms. The molecule has 1 aliphatic carbocycles. The second-order valence-corrected chi connectivity index (χ2v) is 10.5. The van der Waals surface area contributed by atoms with Gasteiger partial charge in [-0.1, -0.05) is 22.0 Å². The van der Waals surface area contributed by atoms with E-state index in [0.29, 0.717) is 56.1 Å². The Labute approximate surface area is 243 Å². The highest BCUT2D eigenvalue weighted by atomic mass is 79.9. The molecule has 1 aliphatic rings. The number of fused-ring (bicyclic) bond motifs is 3. The molecule has 0 heterocycles. The van der Waals surface area contributed by atoms with Gasteiger partial charge in [0.1, 0.15) is 6.61 Å².